The summed E-state index contributed by atoms with van der Waals surface area (Å²) in [4.78, 5) is 0.580. The summed E-state index contributed by atoms with van der Waals surface area (Å²) >= 11 is 1.34. The fourth-order valence-electron chi connectivity index (χ4n) is 1.17. The molecule has 2 rings (SSSR count). The number of aromatic hydroxyl groups is 1. The predicted octanol–water partition coefficient (Wildman–Crippen LogP) is 2.06. The number of hydrogen-bond acceptors (Lipinski definition) is 4. The third kappa shape index (κ3) is 1.10. The number of hydrogen-bond donors (Lipinski definition) is 2. The smallest absolute Gasteiger partial charge is 0.147 e. The number of phenolic OH excluding ortho intramolecular Hbond substituents is 1. The molecular weight excluding hydrogens is 184 g/mol. The Morgan fingerprint density at radius 2 is 2.23 bits per heavy atom. The number of phenols is 1. The Morgan fingerprint density at radius 1 is 1.46 bits per heavy atom. The van der Waals surface area contributed by atoms with E-state index in [1.807, 2.05) is 6.07 Å². The van der Waals surface area contributed by atoms with Gasteiger partial charge in [-0.05, 0) is 18.2 Å². The first-order chi connectivity index (χ1) is 6.22. The van der Waals surface area contributed by atoms with E-state index < -0.39 is 0 Å². The molecule has 0 aliphatic carbocycles. The number of rotatable bonds is 0. The molecule has 1 aromatic carbocycles. The Balaban J connectivity index is 2.86. The normalized spacial score (nSPS) is 10.1. The maximum atomic E-state index is 9.54. The second-order valence-corrected chi connectivity index (χ2v) is 3.72. The fourth-order valence-corrected chi connectivity index (χ4v) is 2.03. The molecule has 0 fully saturated rings. The second kappa shape index (κ2) is 2.64. The quantitative estimate of drug-likeness (QED) is 0.493. The Labute approximate surface area is 78.6 Å². The molecule has 0 spiro atoms. The van der Waals surface area contributed by atoms with Gasteiger partial charge in [-0.2, -0.15) is 5.26 Å². The molecule has 13 heavy (non-hydrogen) atoms. The summed E-state index contributed by atoms with van der Waals surface area (Å²) in [5, 5.41) is 18.8. The molecule has 0 aliphatic heterocycles. The minimum absolute atomic E-state index is 0.0650. The molecule has 0 amide bonds. The first-order valence-corrected chi connectivity index (χ1v) is 4.45. The van der Waals surface area contributed by atoms with Crippen LogP contribution in [0.15, 0.2) is 18.2 Å². The van der Waals surface area contributed by atoms with Crippen molar-refractivity contribution in [1.29, 1.82) is 5.26 Å². The lowest BCUT2D eigenvalue weighted by Crippen LogP contribution is -1.83. The van der Waals surface area contributed by atoms with E-state index in [0.29, 0.717) is 16.0 Å². The third-order valence-corrected chi connectivity index (χ3v) is 2.82. The lowest BCUT2D eigenvalue weighted by molar-refractivity contribution is 0.484. The highest BCUT2D eigenvalue weighted by atomic mass is 32.1. The highest BCUT2D eigenvalue weighted by molar-refractivity contribution is 7.19. The van der Waals surface area contributed by atoms with Crippen LogP contribution in [-0.2, 0) is 0 Å². The number of benzene rings is 1. The maximum absolute atomic E-state index is 9.54. The van der Waals surface area contributed by atoms with Crippen molar-refractivity contribution in [3.63, 3.8) is 0 Å². The van der Waals surface area contributed by atoms with Gasteiger partial charge in [-0.15, -0.1) is 11.3 Å². The summed E-state index contributed by atoms with van der Waals surface area (Å²) in [6.45, 7) is 0. The van der Waals surface area contributed by atoms with Crippen molar-refractivity contribution in [2.24, 2.45) is 0 Å². The summed E-state index contributed by atoms with van der Waals surface area (Å²) < 4.78 is 0.878. The molecule has 0 atom stereocenters. The zero-order chi connectivity index (χ0) is 9.42. The Kier molecular flexibility index (Phi) is 1.61. The van der Waals surface area contributed by atoms with Crippen LogP contribution in [-0.4, -0.2) is 5.11 Å². The highest BCUT2D eigenvalue weighted by Gasteiger charge is 2.07. The van der Waals surface area contributed by atoms with Gasteiger partial charge in [-0.25, -0.2) is 0 Å². The molecular formula is C9H6N2OS. The van der Waals surface area contributed by atoms with Crippen molar-refractivity contribution >= 4 is 27.1 Å². The van der Waals surface area contributed by atoms with Gasteiger partial charge in [0.05, 0.1) is 5.69 Å². The first-order valence-electron chi connectivity index (χ1n) is 3.63. The minimum Gasteiger partial charge on any atom is -0.505 e. The lowest BCUT2D eigenvalue weighted by Gasteiger charge is -1.97. The number of thiophene rings is 1. The second-order valence-electron chi connectivity index (χ2n) is 2.64. The average Bonchev–Trinajstić information content (AvgIpc) is 2.55. The summed E-state index contributed by atoms with van der Waals surface area (Å²) in [5.41, 5.74) is 5.85. The van der Waals surface area contributed by atoms with Gasteiger partial charge in [0.2, 0.25) is 0 Å². The molecule has 0 aliphatic rings. The SMILES string of the molecule is N#Cc1cc2c(O)c(N)ccc2s1. The predicted molar refractivity (Wildman–Crippen MR) is 52.6 cm³/mol. The number of nitrogen functional groups attached to an aromatic ring is 1. The van der Waals surface area contributed by atoms with Crippen LogP contribution in [0, 0.1) is 11.3 Å². The van der Waals surface area contributed by atoms with Crippen LogP contribution >= 0.6 is 11.3 Å². The number of nitriles is 1. The monoisotopic (exact) mass is 190 g/mol. The van der Waals surface area contributed by atoms with Gasteiger partial charge >= 0.3 is 0 Å². The van der Waals surface area contributed by atoms with Gasteiger partial charge in [0.1, 0.15) is 16.7 Å². The van der Waals surface area contributed by atoms with Gasteiger partial charge in [-0.1, -0.05) is 0 Å². The molecule has 0 radical (unpaired) electrons. The molecule has 3 nitrogen and oxygen atoms in total. The van der Waals surface area contributed by atoms with E-state index in [9.17, 15) is 5.11 Å². The van der Waals surface area contributed by atoms with Gasteiger partial charge < -0.3 is 10.8 Å². The van der Waals surface area contributed by atoms with Gasteiger partial charge in [0, 0.05) is 10.1 Å². The van der Waals surface area contributed by atoms with Crippen LogP contribution in [0.4, 0.5) is 5.69 Å². The molecule has 0 unspecified atom stereocenters. The van der Waals surface area contributed by atoms with E-state index in [-0.39, 0.29) is 5.75 Å². The van der Waals surface area contributed by atoms with Crippen molar-refractivity contribution in [2.45, 2.75) is 0 Å². The van der Waals surface area contributed by atoms with Crippen molar-refractivity contribution in [2.75, 3.05) is 5.73 Å². The van der Waals surface area contributed by atoms with Gasteiger partial charge in [-0.3, -0.25) is 0 Å². The van der Waals surface area contributed by atoms with E-state index in [1.54, 1.807) is 18.2 Å². The van der Waals surface area contributed by atoms with E-state index in [2.05, 4.69) is 0 Å². The Morgan fingerprint density at radius 3 is 2.92 bits per heavy atom. The third-order valence-electron chi connectivity index (χ3n) is 1.81. The largest absolute Gasteiger partial charge is 0.505 e. The molecule has 3 N–H and O–H groups in total. The summed E-state index contributed by atoms with van der Waals surface area (Å²) in [6, 6.07) is 7.11. The number of fused-ring (bicyclic) bond motifs is 1. The van der Waals surface area contributed by atoms with Crippen molar-refractivity contribution in [3.05, 3.63) is 23.1 Å². The molecule has 0 saturated carbocycles. The van der Waals surface area contributed by atoms with Crippen molar-refractivity contribution in [1.82, 2.24) is 0 Å². The standard InChI is InChI=1S/C9H6N2OS/c10-4-5-3-6-8(13-5)2-1-7(11)9(6)12/h1-3,12H,11H2. The Hall–Kier alpha value is -1.73. The van der Waals surface area contributed by atoms with E-state index >= 15 is 0 Å². The van der Waals surface area contributed by atoms with Crippen molar-refractivity contribution in [3.8, 4) is 11.8 Å². The zero-order valence-electron chi connectivity index (χ0n) is 6.61. The molecule has 4 heteroatoms. The van der Waals surface area contributed by atoms with Gasteiger partial charge in [0.25, 0.3) is 0 Å². The Bertz CT molecular complexity index is 510. The summed E-state index contributed by atoms with van der Waals surface area (Å²) in [5.74, 6) is 0.0650. The van der Waals surface area contributed by atoms with Crippen LogP contribution in [0.25, 0.3) is 10.1 Å². The minimum atomic E-state index is 0.0650. The van der Waals surface area contributed by atoms with Crippen LogP contribution in [0.3, 0.4) is 0 Å². The first kappa shape index (κ1) is 7.90. The maximum Gasteiger partial charge on any atom is 0.147 e. The number of nitrogens with two attached hydrogens (primary N) is 1. The zero-order valence-corrected chi connectivity index (χ0v) is 7.43. The van der Waals surface area contributed by atoms with Gasteiger partial charge in [0.15, 0.2) is 0 Å². The summed E-state index contributed by atoms with van der Waals surface area (Å²) in [7, 11) is 0. The van der Waals surface area contributed by atoms with Crippen LogP contribution in [0.2, 0.25) is 0 Å². The van der Waals surface area contributed by atoms with E-state index in [4.69, 9.17) is 11.0 Å². The molecule has 64 valence electrons. The average molecular weight is 190 g/mol. The summed E-state index contributed by atoms with van der Waals surface area (Å²) in [6.07, 6.45) is 0. The van der Waals surface area contributed by atoms with Crippen LogP contribution < -0.4 is 5.73 Å². The van der Waals surface area contributed by atoms with Crippen LogP contribution in [0.5, 0.6) is 5.75 Å². The lowest BCUT2D eigenvalue weighted by atomic mass is 10.2. The number of anilines is 1. The number of nitrogens with zero attached hydrogens (tertiary/aromatic N) is 1. The molecule has 2 aromatic rings. The fraction of sp³-hybridized carbons (Fsp3) is 0. The topological polar surface area (TPSA) is 70.0 Å². The molecule has 0 saturated heterocycles. The molecule has 1 heterocycles. The van der Waals surface area contributed by atoms with E-state index in [1.165, 1.54) is 11.3 Å². The molecule has 0 bridgehead atoms. The van der Waals surface area contributed by atoms with Crippen LogP contribution in [0.1, 0.15) is 4.88 Å². The van der Waals surface area contributed by atoms with Crippen molar-refractivity contribution < 1.29 is 5.11 Å². The highest BCUT2D eigenvalue weighted by Crippen LogP contribution is 2.35. The molecule has 1 aromatic heterocycles. The van der Waals surface area contributed by atoms with E-state index in [0.717, 1.165) is 4.70 Å².